The first-order chi connectivity index (χ1) is 12.2. The zero-order valence-corrected chi connectivity index (χ0v) is 20.7. The summed E-state index contributed by atoms with van der Waals surface area (Å²) in [4.78, 5) is 8.92. The first-order valence-corrected chi connectivity index (χ1v) is 17.1. The van der Waals surface area contributed by atoms with Crippen molar-refractivity contribution in [3.63, 3.8) is 0 Å². The van der Waals surface area contributed by atoms with E-state index in [1.165, 1.54) is 64.3 Å². The number of para-hydroxylation sites is 2. The molecule has 136 valence electrons. The number of nitrogens with zero attached hydrogens (tertiary/aromatic N) is 2. The van der Waals surface area contributed by atoms with Crippen LogP contribution in [-0.2, 0) is 40.0 Å². The van der Waals surface area contributed by atoms with Crippen molar-refractivity contribution < 1.29 is 16.5 Å². The Morgan fingerprint density at radius 3 is 1.44 bits per heavy atom. The van der Waals surface area contributed by atoms with Crippen molar-refractivity contribution in [1.82, 2.24) is 9.97 Å². The minimum atomic E-state index is -0.472. The van der Waals surface area contributed by atoms with Crippen LogP contribution in [0.5, 0.6) is 0 Å². The van der Waals surface area contributed by atoms with Crippen molar-refractivity contribution in [1.29, 1.82) is 0 Å². The molecule has 0 radical (unpaired) electrons. The van der Waals surface area contributed by atoms with Gasteiger partial charge in [-0.05, 0) is 12.1 Å². The zero-order chi connectivity index (χ0) is 18.1. The van der Waals surface area contributed by atoms with Gasteiger partial charge in [0.15, 0.2) is 0 Å². The van der Waals surface area contributed by atoms with E-state index in [0.29, 0.717) is 0 Å². The molecule has 0 aliphatic rings. The molecule has 0 aliphatic heterocycles. The number of thiazole rings is 2. The molecule has 0 aliphatic carbocycles. The second-order valence-corrected chi connectivity index (χ2v) is 12.5. The van der Waals surface area contributed by atoms with E-state index in [-0.39, 0.29) is 0 Å². The molecular formula is C16H18Cl2N2PtS4+4. The standard InChI is InChI=1S/2C8H7NS2.2ClH.Pt/c2*1-10-8-9-6-4-2-3-5-7(6)11-8;;;/h2*2-5H,1H3;2*1H;/q;;;;+2/p+2. The maximum absolute atomic E-state index is 4.88. The van der Waals surface area contributed by atoms with Gasteiger partial charge in [-0.15, -0.1) is 9.97 Å². The summed E-state index contributed by atoms with van der Waals surface area (Å²) in [7, 11) is 9.75. The van der Waals surface area contributed by atoms with E-state index < -0.39 is 16.5 Å². The Morgan fingerprint density at radius 1 is 0.760 bits per heavy atom. The van der Waals surface area contributed by atoms with Crippen molar-refractivity contribution in [3.8, 4) is 0 Å². The van der Waals surface area contributed by atoms with Crippen LogP contribution in [0.25, 0.3) is 20.4 Å². The SMILES string of the molecule is C[SH+]c1nc2ccccc2[sH+]1.C[SH+]c1nc2ccccc2[sH+]1.[Cl][Pt][Cl]. The van der Waals surface area contributed by atoms with E-state index in [0.717, 1.165) is 11.0 Å². The number of hydrogen-bond donors (Lipinski definition) is 0. The summed E-state index contributed by atoms with van der Waals surface area (Å²) in [5, 5.41) is 0. The van der Waals surface area contributed by atoms with E-state index in [2.05, 4.69) is 58.9 Å². The Bertz CT molecular complexity index is 773. The van der Waals surface area contributed by atoms with Gasteiger partial charge in [-0.1, -0.05) is 24.3 Å². The molecule has 0 atom stereocenters. The molecule has 2 heterocycles. The molecule has 0 N–H and O–H groups in total. The molecule has 0 saturated carbocycles. The fourth-order valence-electron chi connectivity index (χ4n) is 1.99. The van der Waals surface area contributed by atoms with Crippen LogP contribution in [-0.4, -0.2) is 22.5 Å². The van der Waals surface area contributed by atoms with Gasteiger partial charge in [-0.25, -0.2) is 0 Å². The van der Waals surface area contributed by atoms with E-state index in [1.807, 2.05) is 12.1 Å². The maximum atomic E-state index is 4.88. The Balaban J connectivity index is 0.000000156. The predicted octanol–water partition coefficient (Wildman–Crippen LogP) is 5.04. The minimum absolute atomic E-state index is 0.472. The third kappa shape index (κ3) is 6.69. The van der Waals surface area contributed by atoms with E-state index in [1.54, 1.807) is 0 Å². The van der Waals surface area contributed by atoms with Gasteiger partial charge < -0.3 is 0 Å². The normalized spacial score (nSPS) is 10.2. The molecule has 0 spiro atoms. The van der Waals surface area contributed by atoms with Gasteiger partial charge in [0.2, 0.25) is 9.40 Å². The summed E-state index contributed by atoms with van der Waals surface area (Å²) in [6, 6.07) is 16.6. The van der Waals surface area contributed by atoms with Crippen molar-refractivity contribution in [2.75, 3.05) is 12.5 Å². The molecule has 2 aromatic carbocycles. The van der Waals surface area contributed by atoms with Crippen molar-refractivity contribution in [2.45, 2.75) is 8.68 Å². The number of halogens is 2. The molecule has 9 heteroatoms. The average Bonchev–Trinajstić information content (AvgIpc) is 3.26. The van der Waals surface area contributed by atoms with Crippen LogP contribution in [0.4, 0.5) is 0 Å². The molecule has 0 amide bonds. The summed E-state index contributed by atoms with van der Waals surface area (Å²) >= 11 is 4.68. The van der Waals surface area contributed by atoms with Gasteiger partial charge >= 0.3 is 44.0 Å². The van der Waals surface area contributed by atoms with Crippen LogP contribution in [0, 0.1) is 0 Å². The van der Waals surface area contributed by atoms with Crippen molar-refractivity contribution in [3.05, 3.63) is 48.5 Å². The van der Waals surface area contributed by atoms with Crippen LogP contribution in [0.15, 0.2) is 57.2 Å². The molecule has 0 fully saturated rings. The molecule has 2 nitrogen and oxygen atoms in total. The zero-order valence-electron chi connectivity index (χ0n) is 13.4. The number of hydrogen-bond acceptors (Lipinski definition) is 2. The van der Waals surface area contributed by atoms with Crippen molar-refractivity contribution >= 4 is 85.5 Å². The first-order valence-electron chi connectivity index (χ1n) is 7.02. The topological polar surface area (TPSA) is 25.8 Å². The van der Waals surface area contributed by atoms with Gasteiger partial charge in [0.05, 0.1) is 23.5 Å². The number of fused-ring (bicyclic) bond motifs is 2. The first kappa shape index (κ1) is 21.5. The fraction of sp³-hybridized carbons (Fsp3) is 0.125. The average molecular weight is 633 g/mol. The van der Waals surface area contributed by atoms with E-state index in [9.17, 15) is 0 Å². The summed E-state index contributed by atoms with van der Waals surface area (Å²) < 4.78 is 5.20. The molecule has 2 aromatic heterocycles. The molecule has 4 rings (SSSR count). The van der Waals surface area contributed by atoms with Gasteiger partial charge in [0.1, 0.15) is 23.5 Å². The molecular weight excluding hydrogens is 614 g/mol. The molecule has 25 heavy (non-hydrogen) atoms. The van der Waals surface area contributed by atoms with Crippen LogP contribution >= 0.6 is 41.5 Å². The third-order valence-corrected chi connectivity index (χ3v) is 7.68. The van der Waals surface area contributed by atoms with Gasteiger partial charge in [-0.2, -0.15) is 0 Å². The summed E-state index contributed by atoms with van der Waals surface area (Å²) in [6.07, 6.45) is 4.25. The van der Waals surface area contributed by atoms with Crippen LogP contribution in [0.3, 0.4) is 0 Å². The number of benzene rings is 2. The van der Waals surface area contributed by atoms with Crippen molar-refractivity contribution in [2.24, 2.45) is 0 Å². The number of rotatable bonds is 2. The third-order valence-electron chi connectivity index (χ3n) is 3.05. The number of aromatic nitrogens is 2. The molecule has 0 saturated heterocycles. The number of thiol groups is 2. The van der Waals surface area contributed by atoms with Gasteiger partial charge in [0.25, 0.3) is 0 Å². The molecule has 4 aromatic rings. The second kappa shape index (κ2) is 11.8. The molecule has 0 unspecified atom stereocenters. The summed E-state index contributed by atoms with van der Waals surface area (Å²) in [6.45, 7) is 0. The van der Waals surface area contributed by atoms with Crippen LogP contribution in [0.1, 0.15) is 0 Å². The van der Waals surface area contributed by atoms with E-state index in [4.69, 9.17) is 18.8 Å². The fourth-order valence-corrected chi connectivity index (χ4v) is 5.40. The Hall–Kier alpha value is 0.188. The van der Waals surface area contributed by atoms with Crippen LogP contribution < -0.4 is 0 Å². The monoisotopic (exact) mass is 631 g/mol. The predicted molar refractivity (Wildman–Crippen MR) is 120 cm³/mol. The van der Waals surface area contributed by atoms with Crippen LogP contribution in [0.2, 0.25) is 0 Å². The van der Waals surface area contributed by atoms with E-state index >= 15 is 0 Å². The Kier molecular flexibility index (Phi) is 10.1. The Labute approximate surface area is 180 Å². The Morgan fingerprint density at radius 2 is 1.12 bits per heavy atom. The second-order valence-electron chi connectivity index (χ2n) is 4.52. The van der Waals surface area contributed by atoms with Gasteiger partial charge in [0, 0.05) is 34.8 Å². The molecule has 0 bridgehead atoms. The quantitative estimate of drug-likeness (QED) is 0.229. The summed E-state index contributed by atoms with van der Waals surface area (Å²) in [5.41, 5.74) is 2.30. The summed E-state index contributed by atoms with van der Waals surface area (Å²) in [5.74, 6) is 0. The van der Waals surface area contributed by atoms with Gasteiger partial charge in [-0.3, -0.25) is 0 Å².